The Kier molecular flexibility index (Phi) is 5.74. The molecule has 0 radical (unpaired) electrons. The molecule has 1 fully saturated rings. The SMILES string of the molecule is CC1CCN([C@@H](CNC(=O)c2ccc(Br)cc2)c2ccco2)CC1. The first kappa shape index (κ1) is 17.2. The molecular formula is C19H23BrN2O2. The average Bonchev–Trinajstić information content (AvgIpc) is 3.11. The van der Waals surface area contributed by atoms with Crippen LogP contribution < -0.4 is 5.32 Å². The summed E-state index contributed by atoms with van der Waals surface area (Å²) in [5, 5.41) is 3.06. The summed E-state index contributed by atoms with van der Waals surface area (Å²) in [6.07, 6.45) is 4.08. The van der Waals surface area contributed by atoms with Crippen LogP contribution in [0, 0.1) is 5.92 Å². The number of piperidine rings is 1. The number of carbonyl (C=O) groups excluding carboxylic acids is 1. The molecule has 24 heavy (non-hydrogen) atoms. The van der Waals surface area contributed by atoms with Crippen LogP contribution in [0.1, 0.15) is 41.9 Å². The summed E-state index contributed by atoms with van der Waals surface area (Å²) in [7, 11) is 0. The third kappa shape index (κ3) is 4.28. The van der Waals surface area contributed by atoms with Crippen LogP contribution in [-0.2, 0) is 0 Å². The molecule has 5 heteroatoms. The minimum Gasteiger partial charge on any atom is -0.468 e. The zero-order valence-electron chi connectivity index (χ0n) is 13.9. The lowest BCUT2D eigenvalue weighted by atomic mass is 9.97. The van der Waals surface area contributed by atoms with E-state index >= 15 is 0 Å². The van der Waals surface area contributed by atoms with Gasteiger partial charge in [-0.2, -0.15) is 0 Å². The Morgan fingerprint density at radius 2 is 2.00 bits per heavy atom. The highest BCUT2D eigenvalue weighted by Crippen LogP contribution is 2.26. The van der Waals surface area contributed by atoms with Crippen molar-refractivity contribution in [1.29, 1.82) is 0 Å². The van der Waals surface area contributed by atoms with Crippen molar-refractivity contribution >= 4 is 21.8 Å². The van der Waals surface area contributed by atoms with Crippen molar-refractivity contribution in [1.82, 2.24) is 10.2 Å². The number of nitrogens with zero attached hydrogens (tertiary/aromatic N) is 1. The largest absolute Gasteiger partial charge is 0.468 e. The van der Waals surface area contributed by atoms with Gasteiger partial charge in [0, 0.05) is 16.6 Å². The van der Waals surface area contributed by atoms with E-state index in [9.17, 15) is 4.79 Å². The highest BCUT2D eigenvalue weighted by atomic mass is 79.9. The highest BCUT2D eigenvalue weighted by Gasteiger charge is 2.26. The van der Waals surface area contributed by atoms with Gasteiger partial charge in [0.15, 0.2) is 0 Å². The maximum Gasteiger partial charge on any atom is 0.251 e. The Bertz CT molecular complexity index is 647. The first-order valence-electron chi connectivity index (χ1n) is 8.44. The Labute approximate surface area is 151 Å². The van der Waals surface area contributed by atoms with Crippen LogP contribution in [0.4, 0.5) is 0 Å². The molecule has 1 aromatic carbocycles. The minimum absolute atomic E-state index is 0.0515. The quantitative estimate of drug-likeness (QED) is 0.829. The first-order valence-corrected chi connectivity index (χ1v) is 9.24. The van der Waals surface area contributed by atoms with E-state index in [4.69, 9.17) is 4.42 Å². The van der Waals surface area contributed by atoms with Crippen molar-refractivity contribution in [2.75, 3.05) is 19.6 Å². The van der Waals surface area contributed by atoms with Crippen LogP contribution in [-0.4, -0.2) is 30.4 Å². The number of amides is 1. The Hall–Kier alpha value is -1.59. The lowest BCUT2D eigenvalue weighted by Gasteiger charge is -2.35. The maximum absolute atomic E-state index is 12.4. The molecule has 2 heterocycles. The fraction of sp³-hybridized carbons (Fsp3) is 0.421. The van der Waals surface area contributed by atoms with Crippen LogP contribution in [0.2, 0.25) is 0 Å². The number of nitrogens with one attached hydrogen (secondary N) is 1. The second-order valence-electron chi connectivity index (χ2n) is 6.47. The molecule has 0 saturated carbocycles. The van der Waals surface area contributed by atoms with Crippen LogP contribution in [0.3, 0.4) is 0 Å². The summed E-state index contributed by atoms with van der Waals surface area (Å²) in [4.78, 5) is 14.8. The molecule has 1 saturated heterocycles. The number of carbonyl (C=O) groups is 1. The molecule has 1 amide bonds. The first-order chi connectivity index (χ1) is 11.6. The average molecular weight is 391 g/mol. The van der Waals surface area contributed by atoms with E-state index < -0.39 is 0 Å². The van der Waals surface area contributed by atoms with Gasteiger partial charge in [0.1, 0.15) is 5.76 Å². The van der Waals surface area contributed by atoms with Crippen LogP contribution >= 0.6 is 15.9 Å². The van der Waals surface area contributed by atoms with Crippen molar-refractivity contribution < 1.29 is 9.21 Å². The number of benzene rings is 1. The van der Waals surface area contributed by atoms with Gasteiger partial charge in [0.25, 0.3) is 5.91 Å². The summed E-state index contributed by atoms with van der Waals surface area (Å²) in [6.45, 7) is 4.94. The van der Waals surface area contributed by atoms with Gasteiger partial charge >= 0.3 is 0 Å². The predicted octanol–water partition coefficient (Wildman–Crippen LogP) is 4.25. The van der Waals surface area contributed by atoms with E-state index in [1.807, 2.05) is 36.4 Å². The Morgan fingerprint density at radius 1 is 1.29 bits per heavy atom. The third-order valence-electron chi connectivity index (χ3n) is 4.69. The Balaban J connectivity index is 1.66. The number of furan rings is 1. The summed E-state index contributed by atoms with van der Waals surface area (Å²) in [6, 6.07) is 11.4. The molecule has 128 valence electrons. The lowest BCUT2D eigenvalue weighted by Crippen LogP contribution is -2.41. The predicted molar refractivity (Wildman–Crippen MR) is 97.9 cm³/mol. The van der Waals surface area contributed by atoms with E-state index in [1.54, 1.807) is 6.26 Å². The van der Waals surface area contributed by atoms with Crippen LogP contribution in [0.15, 0.2) is 51.6 Å². The number of hydrogen-bond acceptors (Lipinski definition) is 3. The van der Waals surface area contributed by atoms with Gasteiger partial charge in [-0.15, -0.1) is 0 Å². The summed E-state index contributed by atoms with van der Waals surface area (Å²) in [5.41, 5.74) is 0.670. The second-order valence-corrected chi connectivity index (χ2v) is 7.38. The maximum atomic E-state index is 12.4. The molecule has 0 unspecified atom stereocenters. The normalized spacial score (nSPS) is 17.6. The molecule has 0 bridgehead atoms. The number of halogens is 1. The van der Waals surface area contributed by atoms with Gasteiger partial charge in [-0.25, -0.2) is 0 Å². The van der Waals surface area contributed by atoms with Crippen molar-refractivity contribution in [3.8, 4) is 0 Å². The molecular weight excluding hydrogens is 368 g/mol. The third-order valence-corrected chi connectivity index (χ3v) is 5.22. The van der Waals surface area contributed by atoms with Gasteiger partial charge < -0.3 is 9.73 Å². The van der Waals surface area contributed by atoms with Crippen molar-refractivity contribution in [2.45, 2.75) is 25.8 Å². The fourth-order valence-corrected chi connectivity index (χ4v) is 3.39. The lowest BCUT2D eigenvalue weighted by molar-refractivity contribution is 0.0895. The Morgan fingerprint density at radius 3 is 2.62 bits per heavy atom. The highest BCUT2D eigenvalue weighted by molar-refractivity contribution is 9.10. The zero-order valence-corrected chi connectivity index (χ0v) is 15.5. The van der Waals surface area contributed by atoms with Gasteiger partial charge in [0.05, 0.1) is 12.3 Å². The van der Waals surface area contributed by atoms with E-state index in [0.29, 0.717) is 12.1 Å². The molecule has 0 spiro atoms. The smallest absolute Gasteiger partial charge is 0.251 e. The number of rotatable bonds is 5. The molecule has 1 aliphatic heterocycles. The summed E-state index contributed by atoms with van der Waals surface area (Å²) >= 11 is 3.39. The standard InChI is InChI=1S/C19H23BrN2O2/c1-14-8-10-22(11-9-14)17(18-3-2-12-24-18)13-21-19(23)15-4-6-16(20)7-5-15/h2-7,12,14,17H,8-11,13H2,1H3,(H,21,23)/t17-/m0/s1. The number of hydrogen-bond donors (Lipinski definition) is 1. The molecule has 0 aliphatic carbocycles. The summed E-state index contributed by atoms with van der Waals surface area (Å²) in [5.74, 6) is 1.64. The van der Waals surface area contributed by atoms with Crippen LogP contribution in [0.5, 0.6) is 0 Å². The summed E-state index contributed by atoms with van der Waals surface area (Å²) < 4.78 is 6.60. The van der Waals surface area contributed by atoms with E-state index in [-0.39, 0.29) is 11.9 Å². The van der Waals surface area contributed by atoms with E-state index in [0.717, 1.165) is 29.2 Å². The molecule has 1 N–H and O–H groups in total. The van der Waals surface area contributed by atoms with E-state index in [1.165, 1.54) is 12.8 Å². The molecule has 4 nitrogen and oxygen atoms in total. The van der Waals surface area contributed by atoms with Crippen molar-refractivity contribution in [2.24, 2.45) is 5.92 Å². The van der Waals surface area contributed by atoms with Crippen molar-refractivity contribution in [3.05, 3.63) is 58.5 Å². The topological polar surface area (TPSA) is 45.5 Å². The zero-order chi connectivity index (χ0) is 16.9. The fourth-order valence-electron chi connectivity index (χ4n) is 3.12. The molecule has 1 aliphatic rings. The minimum atomic E-state index is -0.0515. The molecule has 1 atom stereocenters. The molecule has 2 aromatic rings. The van der Waals surface area contributed by atoms with Gasteiger partial charge in [-0.3, -0.25) is 9.69 Å². The van der Waals surface area contributed by atoms with Gasteiger partial charge in [-0.1, -0.05) is 22.9 Å². The monoisotopic (exact) mass is 390 g/mol. The van der Waals surface area contributed by atoms with Gasteiger partial charge in [-0.05, 0) is 68.2 Å². The van der Waals surface area contributed by atoms with Gasteiger partial charge in [0.2, 0.25) is 0 Å². The molecule has 3 rings (SSSR count). The van der Waals surface area contributed by atoms with Crippen molar-refractivity contribution in [3.63, 3.8) is 0 Å². The second kappa shape index (κ2) is 7.99. The number of likely N-dealkylation sites (tertiary alicyclic amines) is 1. The van der Waals surface area contributed by atoms with E-state index in [2.05, 4.69) is 33.1 Å². The van der Waals surface area contributed by atoms with Crippen LogP contribution in [0.25, 0.3) is 0 Å². The molecule has 1 aromatic heterocycles.